The van der Waals surface area contributed by atoms with E-state index in [0.717, 1.165) is 16.9 Å². The van der Waals surface area contributed by atoms with E-state index in [4.69, 9.17) is 4.74 Å². The predicted molar refractivity (Wildman–Crippen MR) is 153 cm³/mol. The maximum Gasteiger partial charge on any atom is 0.251 e. The number of ether oxygens (including phenoxy) is 1. The maximum absolute atomic E-state index is 13.0. The molecule has 3 fully saturated rings. The van der Waals surface area contributed by atoms with Crippen LogP contribution in [0.25, 0.3) is 11.1 Å². The molecular weight excluding hydrogens is 513 g/mol. The molecule has 5 N–H and O–H groups in total. The van der Waals surface area contributed by atoms with Gasteiger partial charge in [-0.3, -0.25) is 4.79 Å². The molecule has 2 aromatic rings. The molecule has 1 saturated heterocycles. The lowest BCUT2D eigenvalue weighted by atomic mass is 9.96. The Hall–Kier alpha value is -1.86. The molecule has 0 radical (unpaired) electrons. The van der Waals surface area contributed by atoms with Crippen molar-refractivity contribution in [2.45, 2.75) is 106 Å². The molecule has 1 amide bonds. The van der Waals surface area contributed by atoms with Crippen LogP contribution >= 0.6 is 7.92 Å². The van der Waals surface area contributed by atoms with Gasteiger partial charge in [0.05, 0.1) is 6.61 Å². The molecule has 1 heterocycles. The average molecular weight is 556 g/mol. The van der Waals surface area contributed by atoms with E-state index in [-0.39, 0.29) is 7.92 Å². The van der Waals surface area contributed by atoms with Gasteiger partial charge in [-0.1, -0.05) is 82.8 Å². The Bertz CT molecular complexity index is 1070. The molecule has 2 aliphatic carbocycles. The summed E-state index contributed by atoms with van der Waals surface area (Å²) in [4.78, 5) is 13.0. The largest absolute Gasteiger partial charge is 0.394 e. The first-order valence-corrected chi connectivity index (χ1v) is 16.0. The Morgan fingerprint density at radius 3 is 2.00 bits per heavy atom. The van der Waals surface area contributed by atoms with Crippen molar-refractivity contribution in [1.29, 1.82) is 0 Å². The van der Waals surface area contributed by atoms with E-state index >= 15 is 0 Å². The molecule has 212 valence electrons. The molecule has 39 heavy (non-hydrogen) atoms. The van der Waals surface area contributed by atoms with Gasteiger partial charge in [-0.2, -0.15) is 0 Å². The van der Waals surface area contributed by atoms with Crippen LogP contribution in [0, 0.1) is 0 Å². The van der Waals surface area contributed by atoms with Gasteiger partial charge in [0.15, 0.2) is 6.29 Å². The summed E-state index contributed by atoms with van der Waals surface area (Å²) >= 11 is 0. The van der Waals surface area contributed by atoms with Gasteiger partial charge in [0.25, 0.3) is 5.91 Å². The van der Waals surface area contributed by atoms with E-state index in [2.05, 4.69) is 29.6 Å². The minimum atomic E-state index is -1.55. The van der Waals surface area contributed by atoms with Crippen LogP contribution in [0.5, 0.6) is 0 Å². The third-order valence-corrected chi connectivity index (χ3v) is 12.3. The van der Waals surface area contributed by atoms with Crippen molar-refractivity contribution in [3.8, 4) is 11.1 Å². The zero-order valence-electron chi connectivity index (χ0n) is 22.5. The number of amides is 1. The van der Waals surface area contributed by atoms with Gasteiger partial charge in [0.2, 0.25) is 0 Å². The Kier molecular flexibility index (Phi) is 9.70. The summed E-state index contributed by atoms with van der Waals surface area (Å²) in [5.74, 6) is -0.483. The van der Waals surface area contributed by atoms with Gasteiger partial charge >= 0.3 is 0 Å². The number of benzene rings is 2. The molecule has 8 heteroatoms. The maximum atomic E-state index is 13.0. The second-order valence-electron chi connectivity index (χ2n) is 11.3. The number of aliphatic hydroxyl groups excluding tert-OH is 4. The first-order chi connectivity index (χ1) is 19.0. The monoisotopic (exact) mass is 555 g/mol. The minimum absolute atomic E-state index is 0.278. The van der Waals surface area contributed by atoms with Crippen molar-refractivity contribution in [3.05, 3.63) is 54.1 Å². The number of hydrogen-bond acceptors (Lipinski definition) is 6. The van der Waals surface area contributed by atoms with Crippen LogP contribution in [-0.4, -0.2) is 74.9 Å². The van der Waals surface area contributed by atoms with Crippen molar-refractivity contribution in [2.75, 3.05) is 6.61 Å². The molecular formula is C31H42NO6P. The number of carbonyl (C=O) groups excluding carboxylic acids is 1. The fourth-order valence-corrected chi connectivity index (χ4v) is 10.6. The number of aliphatic hydroxyl groups is 4. The van der Waals surface area contributed by atoms with E-state index in [9.17, 15) is 25.2 Å². The number of carbonyl (C=O) groups is 1. The molecule has 1 aliphatic heterocycles. The lowest BCUT2D eigenvalue weighted by Gasteiger charge is -2.40. The van der Waals surface area contributed by atoms with Gasteiger partial charge < -0.3 is 30.5 Å². The van der Waals surface area contributed by atoms with Crippen molar-refractivity contribution >= 4 is 19.1 Å². The lowest BCUT2D eigenvalue weighted by Crippen LogP contribution is -2.64. The summed E-state index contributed by atoms with van der Waals surface area (Å²) in [6.45, 7) is -0.553. The number of hydrogen-bond donors (Lipinski definition) is 5. The van der Waals surface area contributed by atoms with Crippen LogP contribution in [0.3, 0.4) is 0 Å². The SMILES string of the molecule is O=C(N[C@H]1C(O)O[C@H](CO)[C@@H](O)[C@@H]1O)c1ccc(-c2ccccc2P(C2CCCCC2)C2CCCCC2)cc1. The average Bonchev–Trinajstić information content (AvgIpc) is 2.99. The second-order valence-corrected chi connectivity index (χ2v) is 14.1. The summed E-state index contributed by atoms with van der Waals surface area (Å²) in [5, 5.41) is 44.1. The first kappa shape index (κ1) is 28.7. The summed E-state index contributed by atoms with van der Waals surface area (Å²) in [5.41, 5.74) is 4.31. The van der Waals surface area contributed by atoms with Crippen molar-refractivity contribution in [1.82, 2.24) is 5.32 Å². The summed E-state index contributed by atoms with van der Waals surface area (Å²) in [7, 11) is -0.278. The quantitative estimate of drug-likeness (QED) is 0.333. The molecule has 3 aliphatic rings. The fourth-order valence-electron chi connectivity index (χ4n) is 6.64. The van der Waals surface area contributed by atoms with Gasteiger partial charge in [-0.15, -0.1) is 0 Å². The molecule has 7 nitrogen and oxygen atoms in total. The van der Waals surface area contributed by atoms with Crippen LogP contribution in [0.2, 0.25) is 0 Å². The van der Waals surface area contributed by atoms with Crippen molar-refractivity contribution in [2.24, 2.45) is 0 Å². The van der Waals surface area contributed by atoms with E-state index in [1.807, 2.05) is 12.1 Å². The Morgan fingerprint density at radius 1 is 0.821 bits per heavy atom. The molecule has 2 saturated carbocycles. The van der Waals surface area contributed by atoms with Crippen molar-refractivity contribution in [3.63, 3.8) is 0 Å². The van der Waals surface area contributed by atoms with Crippen LogP contribution < -0.4 is 10.6 Å². The smallest absolute Gasteiger partial charge is 0.251 e. The van der Waals surface area contributed by atoms with Crippen LogP contribution in [0.4, 0.5) is 0 Å². The summed E-state index contributed by atoms with van der Waals surface area (Å²) in [6, 6.07) is 15.1. The fraction of sp³-hybridized carbons (Fsp3) is 0.581. The highest BCUT2D eigenvalue weighted by molar-refractivity contribution is 7.67. The first-order valence-electron chi connectivity index (χ1n) is 14.6. The summed E-state index contributed by atoms with van der Waals surface area (Å²) in [6.07, 6.45) is 7.88. The van der Waals surface area contributed by atoms with Crippen LogP contribution in [-0.2, 0) is 4.74 Å². The topological polar surface area (TPSA) is 119 Å². The van der Waals surface area contributed by atoms with Gasteiger partial charge in [-0.25, -0.2) is 0 Å². The van der Waals surface area contributed by atoms with Crippen LogP contribution in [0.1, 0.15) is 74.6 Å². The molecule has 2 aromatic carbocycles. The predicted octanol–water partition coefficient (Wildman–Crippen LogP) is 3.66. The van der Waals surface area contributed by atoms with Crippen LogP contribution in [0.15, 0.2) is 48.5 Å². The normalized spacial score (nSPS) is 28.9. The Balaban J connectivity index is 1.36. The Morgan fingerprint density at radius 2 is 1.41 bits per heavy atom. The summed E-state index contributed by atoms with van der Waals surface area (Å²) < 4.78 is 5.16. The van der Waals surface area contributed by atoms with E-state index in [0.29, 0.717) is 5.56 Å². The number of nitrogens with one attached hydrogen (secondary N) is 1. The van der Waals surface area contributed by atoms with Gasteiger partial charge in [-0.05, 0) is 65.6 Å². The third-order valence-electron chi connectivity index (χ3n) is 8.77. The zero-order valence-corrected chi connectivity index (χ0v) is 23.4. The molecule has 0 bridgehead atoms. The Labute approximate surface area is 232 Å². The van der Waals surface area contributed by atoms with Gasteiger partial charge in [0, 0.05) is 5.56 Å². The zero-order chi connectivity index (χ0) is 27.4. The molecule has 5 atom stereocenters. The highest BCUT2D eigenvalue weighted by atomic mass is 31.1. The molecule has 0 aromatic heterocycles. The highest BCUT2D eigenvalue weighted by Crippen LogP contribution is 2.56. The second kappa shape index (κ2) is 13.2. The van der Waals surface area contributed by atoms with Gasteiger partial charge in [0.1, 0.15) is 24.4 Å². The molecule has 1 unspecified atom stereocenters. The lowest BCUT2D eigenvalue weighted by molar-refractivity contribution is -0.252. The van der Waals surface area contributed by atoms with E-state index < -0.39 is 43.2 Å². The number of rotatable bonds is 7. The van der Waals surface area contributed by atoms with Crippen molar-refractivity contribution < 1.29 is 30.0 Å². The molecule has 5 rings (SSSR count). The standard InChI is InChI=1S/C31H42NO6P/c33-19-25-28(34)29(35)27(31(37)38-25)32-30(36)21-17-15-20(16-18-21)24-13-7-8-14-26(24)39(22-9-3-1-4-10-22)23-11-5-2-6-12-23/h7-8,13-18,22-23,25,27-29,31,33-35,37H,1-6,9-12,19H2,(H,32,36)/t25-,27-,28-,29-,31?/m1/s1. The van der Waals surface area contributed by atoms with E-state index in [1.54, 1.807) is 12.1 Å². The molecule has 0 spiro atoms. The minimum Gasteiger partial charge on any atom is -0.394 e. The highest BCUT2D eigenvalue weighted by Gasteiger charge is 2.44. The third kappa shape index (κ3) is 6.40. The van der Waals surface area contributed by atoms with E-state index in [1.165, 1.54) is 75.1 Å².